The molecule has 5 rings (SSSR count). The Morgan fingerprint density at radius 3 is 1.98 bits per heavy atom. The van der Waals surface area contributed by atoms with Crippen molar-refractivity contribution < 1.29 is 73.1 Å². The molecule has 1 fully saturated rings. The predicted molar refractivity (Wildman–Crippen MR) is 317 cm³/mol. The fourth-order valence-electron chi connectivity index (χ4n) is 8.73. The molecule has 15 N–H and O–H groups in total. The topological polar surface area (TPSA) is 397 Å². The van der Waals surface area contributed by atoms with Gasteiger partial charge in [0.25, 0.3) is 0 Å². The van der Waals surface area contributed by atoms with Crippen molar-refractivity contribution in [2.45, 2.75) is 146 Å². The predicted octanol–water partition coefficient (Wildman–Crippen LogP) is 0.919. The first-order valence-electron chi connectivity index (χ1n) is 27.7. The van der Waals surface area contributed by atoms with Gasteiger partial charge in [-0.2, -0.15) is 0 Å². The number of para-hydroxylation sites is 1. The first-order valence-corrected chi connectivity index (χ1v) is 30.1. The van der Waals surface area contributed by atoms with Gasteiger partial charge in [0.15, 0.2) is 6.04 Å². The Morgan fingerprint density at radius 2 is 1.33 bits per heavy atom. The summed E-state index contributed by atoms with van der Waals surface area (Å²) in [5.41, 5.74) is 1.52. The second-order valence-corrected chi connectivity index (χ2v) is 23.8. The summed E-state index contributed by atoms with van der Waals surface area (Å²) in [6.45, 7) is 9.31. The van der Waals surface area contributed by atoms with E-state index in [1.807, 2.05) is 0 Å². The number of phenolic OH excluding ortho intramolecular Hbond substituents is 1. The van der Waals surface area contributed by atoms with Crippen molar-refractivity contribution in [3.63, 3.8) is 0 Å². The van der Waals surface area contributed by atoms with E-state index in [-0.39, 0.29) is 63.1 Å². The van der Waals surface area contributed by atoms with Gasteiger partial charge in [-0.1, -0.05) is 82.3 Å². The van der Waals surface area contributed by atoms with Gasteiger partial charge < -0.3 is 83.3 Å². The van der Waals surface area contributed by atoms with Crippen LogP contribution in [-0.4, -0.2) is 176 Å². The van der Waals surface area contributed by atoms with Gasteiger partial charge in [0.05, 0.1) is 12.2 Å². The van der Waals surface area contributed by atoms with Crippen LogP contribution in [0.4, 0.5) is 9.59 Å². The molecule has 0 radical (unpaired) electrons. The number of carbonyl (C=O) groups is 10. The standard InChI is InChI=1S/C57H77N11O15S2/c1-7-58-55(81)66-41(25-33-15-9-8-10-16-33)49(74)64-43-29-84-85-30-44(52(77)68-46(32(3)70)54(79)80)65-53(78)45(31(2)69)67-47(72)39(19-13-14-24-59-56(82)83-57(4,5)6)61-50(75)42(27-35-28-60-38-18-12-11-17-37(35)38)63-48(73)40(62-51(43)76)26-34-20-22-36(71)23-21-34/h8-12,15-18,20-23,28,31-32,39-46,60,69-71H,7,13-14,19,24-27,29-30H2,1-6H3,(H,59,82)(H,61,75)(H,62,76)(H,63,73)(H,64,74)(H,65,78)(H,67,72)(H,68,77)(H,79,80)(H2,58,66,81)/t31-,32-,39+,40+,41-,42-,43+,44+,45+,46+/m1/s1. The number of unbranched alkanes of at least 4 members (excludes halogenated alkanes) is 1. The number of alkyl carbamates (subject to hydrolysis) is 1. The molecule has 0 aliphatic carbocycles. The van der Waals surface area contributed by atoms with Gasteiger partial charge in [0.2, 0.25) is 41.4 Å². The maximum atomic E-state index is 15.0. The Morgan fingerprint density at radius 1 is 0.706 bits per heavy atom. The second kappa shape index (κ2) is 32.8. The van der Waals surface area contributed by atoms with Crippen LogP contribution >= 0.6 is 21.6 Å². The molecule has 26 nitrogen and oxygen atoms in total. The van der Waals surface area contributed by atoms with E-state index in [1.165, 1.54) is 31.2 Å². The number of carboxylic acid groups (broad SMARTS) is 1. The molecule has 0 unspecified atom stereocenters. The van der Waals surface area contributed by atoms with Gasteiger partial charge in [-0.3, -0.25) is 33.6 Å². The smallest absolute Gasteiger partial charge is 0.407 e. The van der Waals surface area contributed by atoms with E-state index >= 15 is 4.79 Å². The Kier molecular flexibility index (Phi) is 26.2. The monoisotopic (exact) mass is 1220 g/mol. The summed E-state index contributed by atoms with van der Waals surface area (Å²) < 4.78 is 5.32. The molecule has 1 aliphatic rings. The summed E-state index contributed by atoms with van der Waals surface area (Å²) in [6, 6.07) is 8.11. The first kappa shape index (κ1) is 67.7. The van der Waals surface area contributed by atoms with E-state index in [4.69, 9.17) is 4.74 Å². The van der Waals surface area contributed by atoms with Crippen molar-refractivity contribution in [1.82, 2.24) is 58.2 Å². The lowest BCUT2D eigenvalue weighted by molar-refractivity contribution is -0.145. The van der Waals surface area contributed by atoms with Gasteiger partial charge >= 0.3 is 18.1 Å². The lowest BCUT2D eigenvalue weighted by Gasteiger charge is -2.29. The second-order valence-electron chi connectivity index (χ2n) is 21.3. The first-order chi connectivity index (χ1) is 40.3. The highest BCUT2D eigenvalue weighted by molar-refractivity contribution is 8.76. The van der Waals surface area contributed by atoms with Gasteiger partial charge in [-0.05, 0) is 95.7 Å². The number of aromatic nitrogens is 1. The molecular formula is C57H77N11O15S2. The summed E-state index contributed by atoms with van der Waals surface area (Å²) >= 11 is 0. The maximum Gasteiger partial charge on any atom is 0.407 e. The molecule has 0 saturated carbocycles. The number of hydrogen-bond donors (Lipinski definition) is 15. The number of aliphatic hydroxyl groups is 2. The van der Waals surface area contributed by atoms with Crippen molar-refractivity contribution in [1.29, 1.82) is 0 Å². The third-order valence-corrected chi connectivity index (χ3v) is 15.6. The molecule has 10 atom stereocenters. The summed E-state index contributed by atoms with van der Waals surface area (Å²) in [5.74, 6) is -9.32. The maximum absolute atomic E-state index is 15.0. The highest BCUT2D eigenvalue weighted by atomic mass is 33.1. The van der Waals surface area contributed by atoms with Crippen LogP contribution in [0.2, 0.25) is 0 Å². The number of benzene rings is 3. The lowest BCUT2D eigenvalue weighted by atomic mass is 10.0. The molecular weight excluding hydrogens is 1140 g/mol. The van der Waals surface area contributed by atoms with Crippen molar-refractivity contribution in [2.24, 2.45) is 0 Å². The van der Waals surface area contributed by atoms with Crippen LogP contribution in [0.5, 0.6) is 5.75 Å². The van der Waals surface area contributed by atoms with Crippen LogP contribution in [0.1, 0.15) is 77.5 Å². The van der Waals surface area contributed by atoms with Crippen molar-refractivity contribution in [3.05, 3.63) is 102 Å². The van der Waals surface area contributed by atoms with Crippen LogP contribution in [0.15, 0.2) is 85.1 Å². The summed E-state index contributed by atoms with van der Waals surface area (Å²) in [6.07, 6.45) is -2.62. The highest BCUT2D eigenvalue weighted by Crippen LogP contribution is 2.25. The summed E-state index contributed by atoms with van der Waals surface area (Å²) in [5, 5.41) is 68.0. The molecule has 1 aromatic heterocycles. The zero-order valence-corrected chi connectivity index (χ0v) is 49.7. The number of amides is 10. The number of hydrogen-bond acceptors (Lipinski definition) is 16. The molecule has 85 heavy (non-hydrogen) atoms. The Bertz CT molecular complexity index is 2940. The Labute approximate surface area is 499 Å². The van der Waals surface area contributed by atoms with Gasteiger partial charge in [-0.25, -0.2) is 14.4 Å². The van der Waals surface area contributed by atoms with E-state index in [2.05, 4.69) is 58.2 Å². The average molecular weight is 1220 g/mol. The molecule has 2 heterocycles. The molecule has 1 aliphatic heterocycles. The number of phenols is 1. The van der Waals surface area contributed by atoms with E-state index in [0.29, 0.717) is 27.6 Å². The third-order valence-electron chi connectivity index (χ3n) is 13.1. The van der Waals surface area contributed by atoms with Gasteiger partial charge in [-0.15, -0.1) is 0 Å². The SMILES string of the molecule is CCNC(=O)N[C@H](Cc1ccccc1)C(=O)N[C@H]1CSSC[C@@H](C(=O)N[C@H](C(=O)O)[C@@H](C)O)NC(=O)[C@H]([C@@H](C)O)NC(=O)[C@H](CCCCNC(=O)OC(C)(C)C)NC(=O)[C@@H](Cc2c[nH]c3ccccc23)NC(=O)[C@H](Cc2ccc(O)cc2)NC1=O. The van der Waals surface area contributed by atoms with E-state index in [0.717, 1.165) is 28.5 Å². The molecule has 3 aromatic carbocycles. The Balaban J connectivity index is 1.61. The molecule has 0 spiro atoms. The number of aliphatic hydroxyl groups excluding tert-OH is 2. The number of rotatable bonds is 20. The minimum absolute atomic E-state index is 0.0356. The highest BCUT2D eigenvalue weighted by Gasteiger charge is 2.37. The van der Waals surface area contributed by atoms with Crippen molar-refractivity contribution in [2.75, 3.05) is 24.6 Å². The number of ether oxygens (including phenoxy) is 1. The quantitative estimate of drug-likeness (QED) is 0.0432. The minimum atomic E-state index is -1.87. The molecule has 1 saturated heterocycles. The van der Waals surface area contributed by atoms with E-state index in [9.17, 15) is 63.6 Å². The number of carbonyl (C=O) groups excluding carboxylic acids is 9. The summed E-state index contributed by atoms with van der Waals surface area (Å²) in [7, 11) is 1.76. The number of fused-ring (bicyclic) bond motifs is 1. The molecule has 462 valence electrons. The number of nitrogens with one attached hydrogen (secondary N) is 11. The zero-order valence-electron chi connectivity index (χ0n) is 48.0. The van der Waals surface area contributed by atoms with Gasteiger partial charge in [0, 0.05) is 61.0 Å². The Hall–Kier alpha value is -8.08. The lowest BCUT2D eigenvalue weighted by Crippen LogP contribution is -2.62. The van der Waals surface area contributed by atoms with E-state index in [1.54, 1.807) is 88.5 Å². The van der Waals surface area contributed by atoms with Crippen molar-refractivity contribution >= 4 is 91.9 Å². The number of aliphatic carboxylic acids is 1. The fourth-order valence-corrected chi connectivity index (χ4v) is 11.1. The van der Waals surface area contributed by atoms with Crippen LogP contribution in [0.3, 0.4) is 0 Å². The normalized spacial score (nSPS) is 20.9. The molecule has 4 aromatic rings. The summed E-state index contributed by atoms with van der Waals surface area (Å²) in [4.78, 5) is 143. The fraction of sp³-hybridized carbons (Fsp3) is 0.474. The van der Waals surface area contributed by atoms with Crippen molar-refractivity contribution in [3.8, 4) is 5.75 Å². The van der Waals surface area contributed by atoms with Crippen LogP contribution < -0.4 is 53.2 Å². The average Bonchev–Trinajstić information content (AvgIpc) is 3.67. The van der Waals surface area contributed by atoms with Gasteiger partial charge in [0.1, 0.15) is 53.6 Å². The number of H-pyrrole nitrogens is 1. The molecule has 0 bridgehead atoms. The minimum Gasteiger partial charge on any atom is -0.508 e. The zero-order chi connectivity index (χ0) is 62.4. The van der Waals surface area contributed by atoms with E-state index < -0.39 is 131 Å². The third kappa shape index (κ3) is 22.1. The largest absolute Gasteiger partial charge is 0.508 e. The number of aromatic hydroxyl groups is 1. The number of urea groups is 1. The van der Waals surface area contributed by atoms with Crippen LogP contribution in [0.25, 0.3) is 10.9 Å². The van der Waals surface area contributed by atoms with Crippen LogP contribution in [-0.2, 0) is 62.4 Å². The number of aromatic amines is 1. The van der Waals surface area contributed by atoms with Crippen LogP contribution in [0, 0.1) is 0 Å². The molecule has 28 heteroatoms. The number of carboxylic acids is 1. The molecule has 10 amide bonds.